The summed E-state index contributed by atoms with van der Waals surface area (Å²) in [6.07, 6.45) is 1.93. The summed E-state index contributed by atoms with van der Waals surface area (Å²) in [4.78, 5) is 12.2. The molecule has 3 heteroatoms. The first kappa shape index (κ1) is 14.1. The van der Waals surface area contributed by atoms with Gasteiger partial charge in [0.15, 0.2) is 0 Å². The van der Waals surface area contributed by atoms with Crippen molar-refractivity contribution >= 4 is 17.1 Å². The number of rotatable bonds is 4. The Bertz CT molecular complexity index is 831. The molecule has 1 aromatic carbocycles. The highest BCUT2D eigenvalue weighted by molar-refractivity contribution is 5.99. The standard InChI is InChI=1S/C19H17NO2/c1-3-22-19(21)16-13-18(20-12-8-7-11-17(16)20)14(2)15-9-5-4-6-10-15/h4-13H,2-3H2,1H3. The van der Waals surface area contributed by atoms with Crippen molar-refractivity contribution in [2.75, 3.05) is 6.61 Å². The van der Waals surface area contributed by atoms with Crippen LogP contribution < -0.4 is 0 Å². The van der Waals surface area contributed by atoms with Gasteiger partial charge in [-0.05, 0) is 36.3 Å². The number of esters is 1. The van der Waals surface area contributed by atoms with Gasteiger partial charge in [-0.1, -0.05) is 43.0 Å². The monoisotopic (exact) mass is 291 g/mol. The summed E-state index contributed by atoms with van der Waals surface area (Å²) in [5, 5.41) is 0. The molecule has 110 valence electrons. The highest BCUT2D eigenvalue weighted by Gasteiger charge is 2.17. The molecule has 3 rings (SSSR count). The van der Waals surface area contributed by atoms with E-state index in [0.29, 0.717) is 12.2 Å². The molecular formula is C19H17NO2. The number of hydrogen-bond acceptors (Lipinski definition) is 2. The summed E-state index contributed by atoms with van der Waals surface area (Å²) >= 11 is 0. The van der Waals surface area contributed by atoms with Crippen molar-refractivity contribution in [3.05, 3.63) is 84.2 Å². The number of aromatic nitrogens is 1. The van der Waals surface area contributed by atoms with Crippen molar-refractivity contribution in [2.45, 2.75) is 6.92 Å². The molecule has 0 saturated heterocycles. The lowest BCUT2D eigenvalue weighted by molar-refractivity contribution is 0.0529. The summed E-state index contributed by atoms with van der Waals surface area (Å²) in [6.45, 7) is 6.36. The largest absolute Gasteiger partial charge is 0.462 e. The molecule has 22 heavy (non-hydrogen) atoms. The quantitative estimate of drug-likeness (QED) is 0.675. The Labute approximate surface area is 129 Å². The normalized spacial score (nSPS) is 10.6. The Morgan fingerprint density at radius 1 is 1.14 bits per heavy atom. The van der Waals surface area contributed by atoms with Crippen LogP contribution in [0.5, 0.6) is 0 Å². The van der Waals surface area contributed by atoms with Crippen molar-refractivity contribution in [1.29, 1.82) is 0 Å². The van der Waals surface area contributed by atoms with Gasteiger partial charge in [-0.15, -0.1) is 0 Å². The van der Waals surface area contributed by atoms with Gasteiger partial charge in [-0.2, -0.15) is 0 Å². The second-order valence-electron chi connectivity index (χ2n) is 4.96. The minimum atomic E-state index is -0.307. The van der Waals surface area contributed by atoms with Gasteiger partial charge < -0.3 is 9.14 Å². The molecule has 3 aromatic rings. The minimum Gasteiger partial charge on any atom is -0.462 e. The van der Waals surface area contributed by atoms with Crippen molar-refractivity contribution < 1.29 is 9.53 Å². The lowest BCUT2D eigenvalue weighted by atomic mass is 10.0. The van der Waals surface area contributed by atoms with Crippen LogP contribution in [0.4, 0.5) is 0 Å². The lowest BCUT2D eigenvalue weighted by Crippen LogP contribution is -2.03. The van der Waals surface area contributed by atoms with E-state index in [1.54, 1.807) is 6.92 Å². The summed E-state index contributed by atoms with van der Waals surface area (Å²) in [7, 11) is 0. The predicted molar refractivity (Wildman–Crippen MR) is 87.9 cm³/mol. The van der Waals surface area contributed by atoms with Gasteiger partial charge in [-0.3, -0.25) is 0 Å². The molecular weight excluding hydrogens is 274 g/mol. The van der Waals surface area contributed by atoms with Gasteiger partial charge in [0.05, 0.1) is 23.4 Å². The van der Waals surface area contributed by atoms with E-state index in [9.17, 15) is 4.79 Å². The number of ether oxygens (including phenoxy) is 1. The van der Waals surface area contributed by atoms with Crippen LogP contribution in [0.1, 0.15) is 28.5 Å². The molecule has 0 unspecified atom stereocenters. The molecule has 0 amide bonds. The first-order valence-corrected chi connectivity index (χ1v) is 7.24. The Balaban J connectivity index is 2.15. The Morgan fingerprint density at radius 3 is 2.59 bits per heavy atom. The van der Waals surface area contributed by atoms with E-state index in [-0.39, 0.29) is 5.97 Å². The van der Waals surface area contributed by atoms with Gasteiger partial charge in [-0.25, -0.2) is 4.79 Å². The number of hydrogen-bond donors (Lipinski definition) is 0. The molecule has 3 nitrogen and oxygen atoms in total. The smallest absolute Gasteiger partial charge is 0.340 e. The van der Waals surface area contributed by atoms with E-state index in [2.05, 4.69) is 6.58 Å². The van der Waals surface area contributed by atoms with Crippen LogP contribution in [-0.4, -0.2) is 17.0 Å². The zero-order chi connectivity index (χ0) is 15.5. The SMILES string of the molecule is C=C(c1ccccc1)c1cc(C(=O)OCC)c2ccccn12. The Morgan fingerprint density at radius 2 is 1.86 bits per heavy atom. The minimum absolute atomic E-state index is 0.307. The van der Waals surface area contributed by atoms with Gasteiger partial charge >= 0.3 is 5.97 Å². The topological polar surface area (TPSA) is 30.7 Å². The Kier molecular flexibility index (Phi) is 3.79. The fourth-order valence-corrected chi connectivity index (χ4v) is 2.54. The zero-order valence-electron chi connectivity index (χ0n) is 12.5. The second-order valence-corrected chi connectivity index (χ2v) is 4.96. The number of nitrogens with zero attached hydrogens (tertiary/aromatic N) is 1. The van der Waals surface area contributed by atoms with Crippen molar-refractivity contribution in [3.8, 4) is 0 Å². The van der Waals surface area contributed by atoms with Crippen LogP contribution in [0.15, 0.2) is 67.4 Å². The number of carbonyl (C=O) groups excluding carboxylic acids is 1. The fraction of sp³-hybridized carbons (Fsp3) is 0.105. The second kappa shape index (κ2) is 5.90. The van der Waals surface area contributed by atoms with Crippen LogP contribution >= 0.6 is 0 Å². The molecule has 0 bridgehead atoms. The van der Waals surface area contributed by atoms with Crippen molar-refractivity contribution in [2.24, 2.45) is 0 Å². The maximum atomic E-state index is 12.2. The highest BCUT2D eigenvalue weighted by Crippen LogP contribution is 2.27. The van der Waals surface area contributed by atoms with Crippen LogP contribution in [0, 0.1) is 0 Å². The molecule has 0 N–H and O–H groups in total. The molecule has 0 saturated carbocycles. The summed E-state index contributed by atoms with van der Waals surface area (Å²) in [6, 6.07) is 17.5. The van der Waals surface area contributed by atoms with E-state index < -0.39 is 0 Å². The van der Waals surface area contributed by atoms with E-state index in [1.807, 2.05) is 65.2 Å². The number of benzene rings is 1. The molecule has 0 atom stereocenters. The lowest BCUT2D eigenvalue weighted by Gasteiger charge is -2.06. The number of pyridine rings is 1. The zero-order valence-corrected chi connectivity index (χ0v) is 12.5. The summed E-state index contributed by atoms with van der Waals surface area (Å²) in [5.74, 6) is -0.307. The molecule has 0 fully saturated rings. The summed E-state index contributed by atoms with van der Waals surface area (Å²) in [5.41, 5.74) is 4.19. The molecule has 0 aliphatic carbocycles. The van der Waals surface area contributed by atoms with Crippen molar-refractivity contribution in [3.63, 3.8) is 0 Å². The van der Waals surface area contributed by atoms with Gasteiger partial charge in [0.1, 0.15) is 0 Å². The third-order valence-corrected chi connectivity index (χ3v) is 3.60. The molecule has 0 aliphatic heterocycles. The number of fused-ring (bicyclic) bond motifs is 1. The third-order valence-electron chi connectivity index (χ3n) is 3.60. The first-order chi connectivity index (χ1) is 10.7. The molecule has 2 aromatic heterocycles. The fourth-order valence-electron chi connectivity index (χ4n) is 2.54. The third kappa shape index (κ3) is 2.42. The average molecular weight is 291 g/mol. The van der Waals surface area contributed by atoms with Crippen molar-refractivity contribution in [1.82, 2.24) is 4.40 Å². The molecule has 0 radical (unpaired) electrons. The van der Waals surface area contributed by atoms with E-state index >= 15 is 0 Å². The van der Waals surface area contributed by atoms with Gasteiger partial charge in [0, 0.05) is 6.20 Å². The Hall–Kier alpha value is -2.81. The highest BCUT2D eigenvalue weighted by atomic mass is 16.5. The maximum absolute atomic E-state index is 12.2. The number of carbonyl (C=O) groups is 1. The average Bonchev–Trinajstić information content (AvgIpc) is 2.95. The maximum Gasteiger partial charge on any atom is 0.340 e. The van der Waals surface area contributed by atoms with Crippen LogP contribution in [0.25, 0.3) is 11.1 Å². The van der Waals surface area contributed by atoms with E-state index in [0.717, 1.165) is 22.3 Å². The van der Waals surface area contributed by atoms with Crippen LogP contribution in [0.3, 0.4) is 0 Å². The molecule has 0 spiro atoms. The molecule has 0 aliphatic rings. The van der Waals surface area contributed by atoms with Crippen LogP contribution in [0.2, 0.25) is 0 Å². The first-order valence-electron chi connectivity index (χ1n) is 7.24. The van der Waals surface area contributed by atoms with Gasteiger partial charge in [0.25, 0.3) is 0 Å². The van der Waals surface area contributed by atoms with E-state index in [1.165, 1.54) is 0 Å². The predicted octanol–water partition coefficient (Wildman–Crippen LogP) is 4.18. The van der Waals surface area contributed by atoms with E-state index in [4.69, 9.17) is 4.74 Å². The van der Waals surface area contributed by atoms with Gasteiger partial charge in [0.2, 0.25) is 0 Å². The molecule has 2 heterocycles. The summed E-state index contributed by atoms with van der Waals surface area (Å²) < 4.78 is 7.13. The van der Waals surface area contributed by atoms with Crippen LogP contribution in [-0.2, 0) is 4.74 Å².